The highest BCUT2D eigenvalue weighted by atomic mass is 16.6. The van der Waals surface area contributed by atoms with Crippen LogP contribution in [0.25, 0.3) is 10.9 Å². The smallest absolute Gasteiger partial charge is 0.295 e. The molecular weight excluding hydrogens is 270 g/mol. The number of aromatic amines is 1. The number of H-pyrrole nitrogens is 1. The van der Waals surface area contributed by atoms with E-state index in [9.17, 15) is 10.1 Å². The van der Waals surface area contributed by atoms with Gasteiger partial charge in [0.1, 0.15) is 11.3 Å². The van der Waals surface area contributed by atoms with E-state index < -0.39 is 4.92 Å². The number of pyridine rings is 1. The zero-order valence-electron chi connectivity index (χ0n) is 11.1. The molecule has 3 aromatic rings. The SMILES string of the molecule is O=[N+]([O-])c1cccc2c(NCCc3ncc[nH]3)ccnc12. The Morgan fingerprint density at radius 2 is 2.14 bits per heavy atom. The highest BCUT2D eigenvalue weighted by Crippen LogP contribution is 2.28. The van der Waals surface area contributed by atoms with Gasteiger partial charge in [0, 0.05) is 48.7 Å². The Morgan fingerprint density at radius 3 is 2.90 bits per heavy atom. The third-order valence-electron chi connectivity index (χ3n) is 3.18. The summed E-state index contributed by atoms with van der Waals surface area (Å²) in [4.78, 5) is 21.9. The third kappa shape index (κ3) is 2.66. The quantitative estimate of drug-likeness (QED) is 0.554. The molecule has 1 aromatic carbocycles. The second kappa shape index (κ2) is 5.58. The molecule has 106 valence electrons. The van der Waals surface area contributed by atoms with Gasteiger partial charge in [-0.25, -0.2) is 9.97 Å². The van der Waals surface area contributed by atoms with Crippen molar-refractivity contribution in [3.63, 3.8) is 0 Å². The van der Waals surface area contributed by atoms with Crippen LogP contribution in [0.1, 0.15) is 5.82 Å². The zero-order valence-corrected chi connectivity index (χ0v) is 11.1. The summed E-state index contributed by atoms with van der Waals surface area (Å²) in [6.07, 6.45) is 5.80. The molecule has 7 nitrogen and oxygen atoms in total. The second-order valence-corrected chi connectivity index (χ2v) is 4.50. The molecule has 0 aliphatic heterocycles. The van der Waals surface area contributed by atoms with Gasteiger partial charge in [0.25, 0.3) is 5.69 Å². The number of anilines is 1. The fraction of sp³-hybridized carbons (Fsp3) is 0.143. The third-order valence-corrected chi connectivity index (χ3v) is 3.18. The van der Waals surface area contributed by atoms with Crippen molar-refractivity contribution in [2.45, 2.75) is 6.42 Å². The van der Waals surface area contributed by atoms with Crippen molar-refractivity contribution < 1.29 is 4.92 Å². The first kappa shape index (κ1) is 13.0. The van der Waals surface area contributed by atoms with Crippen LogP contribution in [0.3, 0.4) is 0 Å². The van der Waals surface area contributed by atoms with Gasteiger partial charge in [-0.15, -0.1) is 0 Å². The Balaban J connectivity index is 1.85. The topological polar surface area (TPSA) is 96.7 Å². The van der Waals surface area contributed by atoms with Crippen molar-refractivity contribution in [2.75, 3.05) is 11.9 Å². The molecule has 0 saturated carbocycles. The van der Waals surface area contributed by atoms with Crippen molar-refractivity contribution in [2.24, 2.45) is 0 Å². The zero-order chi connectivity index (χ0) is 14.7. The minimum absolute atomic E-state index is 0.0159. The highest BCUT2D eigenvalue weighted by Gasteiger charge is 2.14. The lowest BCUT2D eigenvalue weighted by Gasteiger charge is -2.08. The number of benzene rings is 1. The van der Waals surface area contributed by atoms with Crippen molar-refractivity contribution in [1.29, 1.82) is 0 Å². The number of nitrogens with one attached hydrogen (secondary N) is 2. The van der Waals surface area contributed by atoms with Crippen LogP contribution < -0.4 is 5.32 Å². The van der Waals surface area contributed by atoms with Crippen LogP contribution in [0, 0.1) is 10.1 Å². The minimum atomic E-state index is -0.415. The Morgan fingerprint density at radius 1 is 1.24 bits per heavy atom. The number of nitro benzene ring substituents is 1. The molecule has 0 spiro atoms. The number of non-ortho nitro benzene ring substituents is 1. The van der Waals surface area contributed by atoms with E-state index in [2.05, 4.69) is 20.3 Å². The molecule has 0 aliphatic carbocycles. The van der Waals surface area contributed by atoms with E-state index in [1.54, 1.807) is 24.7 Å². The van der Waals surface area contributed by atoms with Crippen molar-refractivity contribution in [3.05, 3.63) is 58.8 Å². The van der Waals surface area contributed by atoms with Crippen molar-refractivity contribution >= 4 is 22.3 Å². The van der Waals surface area contributed by atoms with Gasteiger partial charge in [-0.05, 0) is 6.07 Å². The standard InChI is InChI=1S/C14H13N5O2/c20-19(21)12-3-1-2-10-11(4-6-18-14(10)12)15-7-5-13-16-8-9-17-13/h1-4,6,8-9H,5,7H2,(H,15,18)(H,16,17). The number of fused-ring (bicyclic) bond motifs is 1. The van der Waals surface area contributed by atoms with Gasteiger partial charge in [-0.3, -0.25) is 10.1 Å². The molecule has 0 saturated heterocycles. The highest BCUT2D eigenvalue weighted by molar-refractivity contribution is 5.96. The molecule has 7 heteroatoms. The summed E-state index contributed by atoms with van der Waals surface area (Å²) in [6, 6.07) is 6.76. The monoisotopic (exact) mass is 283 g/mol. The first-order chi connectivity index (χ1) is 10.3. The Hall–Kier alpha value is -2.96. The molecule has 2 N–H and O–H groups in total. The van der Waals surface area contributed by atoms with Gasteiger partial charge in [-0.1, -0.05) is 12.1 Å². The first-order valence-corrected chi connectivity index (χ1v) is 6.50. The van der Waals surface area contributed by atoms with Gasteiger partial charge in [0.05, 0.1) is 4.92 Å². The number of para-hydroxylation sites is 1. The maximum Gasteiger partial charge on any atom is 0.295 e. The van der Waals surface area contributed by atoms with Gasteiger partial charge < -0.3 is 10.3 Å². The van der Waals surface area contributed by atoms with Crippen molar-refractivity contribution in [3.8, 4) is 0 Å². The van der Waals surface area contributed by atoms with E-state index in [1.165, 1.54) is 6.07 Å². The maximum atomic E-state index is 11.0. The number of hydrogen-bond donors (Lipinski definition) is 2. The number of hydrogen-bond acceptors (Lipinski definition) is 5. The summed E-state index contributed by atoms with van der Waals surface area (Å²) in [6.45, 7) is 0.676. The molecule has 0 amide bonds. The molecule has 0 fully saturated rings. The summed E-state index contributed by atoms with van der Waals surface area (Å²) in [5.74, 6) is 0.895. The first-order valence-electron chi connectivity index (χ1n) is 6.50. The number of nitro groups is 1. The summed E-state index contributed by atoms with van der Waals surface area (Å²) in [7, 11) is 0. The van der Waals surface area contributed by atoms with Crippen molar-refractivity contribution in [1.82, 2.24) is 15.0 Å². The van der Waals surface area contributed by atoms with E-state index >= 15 is 0 Å². The number of nitrogens with zero attached hydrogens (tertiary/aromatic N) is 3. The Labute approximate surface area is 120 Å². The van der Waals surface area contributed by atoms with E-state index in [-0.39, 0.29) is 5.69 Å². The van der Waals surface area contributed by atoms with Crippen LogP contribution in [0.2, 0.25) is 0 Å². The van der Waals surface area contributed by atoms with Crippen LogP contribution >= 0.6 is 0 Å². The average molecular weight is 283 g/mol. The van der Waals surface area contributed by atoms with E-state index in [0.717, 1.165) is 23.3 Å². The lowest BCUT2D eigenvalue weighted by Crippen LogP contribution is -2.06. The average Bonchev–Trinajstić information content (AvgIpc) is 3.00. The van der Waals surface area contributed by atoms with E-state index in [4.69, 9.17) is 0 Å². The lowest BCUT2D eigenvalue weighted by atomic mass is 10.1. The molecule has 3 rings (SSSR count). The fourth-order valence-electron chi connectivity index (χ4n) is 2.21. The van der Waals surface area contributed by atoms with E-state index in [1.807, 2.05) is 12.1 Å². The molecule has 0 bridgehead atoms. The Kier molecular flexibility index (Phi) is 3.46. The molecule has 0 radical (unpaired) electrons. The Bertz CT molecular complexity index is 770. The predicted molar refractivity (Wildman–Crippen MR) is 79.2 cm³/mol. The normalized spacial score (nSPS) is 10.7. The summed E-state index contributed by atoms with van der Waals surface area (Å²) in [5.41, 5.74) is 1.24. The van der Waals surface area contributed by atoms with Gasteiger partial charge in [0.15, 0.2) is 0 Å². The number of aromatic nitrogens is 3. The van der Waals surface area contributed by atoms with Crippen LogP contribution in [-0.4, -0.2) is 26.4 Å². The molecule has 2 heterocycles. The molecule has 21 heavy (non-hydrogen) atoms. The van der Waals surface area contributed by atoms with Gasteiger partial charge in [0.2, 0.25) is 0 Å². The van der Waals surface area contributed by atoms with Crippen LogP contribution in [0.5, 0.6) is 0 Å². The van der Waals surface area contributed by atoms with E-state index in [0.29, 0.717) is 12.1 Å². The second-order valence-electron chi connectivity index (χ2n) is 4.50. The van der Waals surface area contributed by atoms with Crippen LogP contribution in [-0.2, 0) is 6.42 Å². The number of rotatable bonds is 5. The molecular formula is C14H13N5O2. The largest absolute Gasteiger partial charge is 0.384 e. The lowest BCUT2D eigenvalue weighted by molar-refractivity contribution is -0.383. The molecule has 0 atom stereocenters. The number of imidazole rings is 1. The minimum Gasteiger partial charge on any atom is -0.384 e. The van der Waals surface area contributed by atoms with Gasteiger partial charge >= 0.3 is 0 Å². The summed E-state index contributed by atoms with van der Waals surface area (Å²) in [5, 5.41) is 15.0. The molecule has 2 aromatic heterocycles. The maximum absolute atomic E-state index is 11.0. The predicted octanol–water partition coefficient (Wildman–Crippen LogP) is 2.52. The summed E-state index contributed by atoms with van der Waals surface area (Å²) < 4.78 is 0. The fourth-order valence-corrected chi connectivity index (χ4v) is 2.21. The van der Waals surface area contributed by atoms with Crippen LogP contribution in [0.4, 0.5) is 11.4 Å². The van der Waals surface area contributed by atoms with Gasteiger partial charge in [-0.2, -0.15) is 0 Å². The molecule has 0 unspecified atom stereocenters. The summed E-state index contributed by atoms with van der Waals surface area (Å²) >= 11 is 0. The molecule has 0 aliphatic rings. The van der Waals surface area contributed by atoms with Crippen LogP contribution in [0.15, 0.2) is 42.9 Å².